The molecule has 0 amide bonds. The normalized spacial score (nSPS) is 28.7. The minimum atomic E-state index is -0.887. The highest BCUT2D eigenvalue weighted by Gasteiger charge is 2.56. The summed E-state index contributed by atoms with van der Waals surface area (Å²) in [4.78, 5) is 17.1. The second-order valence-corrected chi connectivity index (χ2v) is 6.76. The van der Waals surface area contributed by atoms with E-state index < -0.39 is 17.8 Å². The first-order valence-electron chi connectivity index (χ1n) is 8.71. The lowest BCUT2D eigenvalue weighted by Crippen LogP contribution is -2.53. The van der Waals surface area contributed by atoms with Gasteiger partial charge in [0.25, 0.3) is 0 Å². The Hall–Kier alpha value is -2.00. The van der Waals surface area contributed by atoms with Gasteiger partial charge in [0, 0.05) is 26.7 Å². The maximum absolute atomic E-state index is 11.4. The number of nitrogens with zero attached hydrogens (tertiary/aromatic N) is 1. The van der Waals surface area contributed by atoms with Gasteiger partial charge in [0.2, 0.25) is 0 Å². The molecule has 3 rings (SSSR count). The lowest BCUT2D eigenvalue weighted by Gasteiger charge is -2.41. The van der Waals surface area contributed by atoms with Gasteiger partial charge in [0.1, 0.15) is 32.4 Å². The first-order chi connectivity index (χ1) is 13.0. The van der Waals surface area contributed by atoms with E-state index in [2.05, 4.69) is 5.16 Å². The summed E-state index contributed by atoms with van der Waals surface area (Å²) in [5.41, 5.74) is 1.72. The van der Waals surface area contributed by atoms with Crippen LogP contribution in [-0.4, -0.2) is 57.8 Å². The maximum Gasteiger partial charge on any atom is 0.302 e. The van der Waals surface area contributed by atoms with E-state index in [9.17, 15) is 4.79 Å². The third-order valence-corrected chi connectivity index (χ3v) is 4.78. The van der Waals surface area contributed by atoms with Crippen molar-refractivity contribution in [1.29, 1.82) is 0 Å². The third-order valence-electron chi connectivity index (χ3n) is 4.78. The van der Waals surface area contributed by atoms with Crippen LogP contribution in [0, 0.1) is 5.92 Å². The fraction of sp³-hybridized carbons (Fsp3) is 0.579. The first-order valence-corrected chi connectivity index (χ1v) is 8.71. The number of fused-ring (bicyclic) bond motifs is 3. The van der Waals surface area contributed by atoms with Gasteiger partial charge in [-0.15, -0.1) is 0 Å². The minimum Gasteiger partial charge on any atom is -0.461 e. The Morgan fingerprint density at radius 3 is 2.59 bits per heavy atom. The summed E-state index contributed by atoms with van der Waals surface area (Å²) >= 11 is 0. The van der Waals surface area contributed by atoms with Gasteiger partial charge in [-0.25, -0.2) is 0 Å². The number of esters is 1. The monoisotopic (exact) mass is 379 g/mol. The Morgan fingerprint density at radius 2 is 1.89 bits per heavy atom. The van der Waals surface area contributed by atoms with E-state index in [1.54, 1.807) is 14.2 Å². The van der Waals surface area contributed by atoms with E-state index >= 15 is 0 Å². The molecule has 1 aliphatic heterocycles. The molecule has 2 aliphatic rings. The van der Waals surface area contributed by atoms with Gasteiger partial charge >= 0.3 is 5.97 Å². The number of hydrogen-bond acceptors (Lipinski definition) is 8. The van der Waals surface area contributed by atoms with Crippen LogP contribution in [0.1, 0.15) is 31.1 Å². The first kappa shape index (κ1) is 19.8. The molecular weight excluding hydrogens is 354 g/mol. The minimum absolute atomic E-state index is 0.0476. The Labute approximate surface area is 158 Å². The molecule has 0 fully saturated rings. The molecule has 0 saturated heterocycles. The fourth-order valence-electron chi connectivity index (χ4n) is 3.62. The summed E-state index contributed by atoms with van der Waals surface area (Å²) < 4.78 is 27.5. The second-order valence-electron chi connectivity index (χ2n) is 6.76. The van der Waals surface area contributed by atoms with Crippen molar-refractivity contribution in [3.8, 4) is 0 Å². The van der Waals surface area contributed by atoms with Crippen molar-refractivity contribution in [1.82, 2.24) is 0 Å². The number of carbonyl (C=O) groups is 1. The van der Waals surface area contributed by atoms with Crippen molar-refractivity contribution in [2.75, 3.05) is 34.4 Å². The molecule has 0 bridgehead atoms. The van der Waals surface area contributed by atoms with Gasteiger partial charge in [-0.2, -0.15) is 0 Å². The standard InChI is InChI=1S/C19H25NO7/c1-12(21)24-9-19(2)15-16(20-27-19)13-7-5-6-8-14(13)17(25-10-22-3)18(15)26-11-23-4/h5-8,15,17-18H,9-11H2,1-4H3/t15-,17+,18+,19-/m1/s1. The molecule has 0 unspecified atom stereocenters. The molecule has 148 valence electrons. The van der Waals surface area contributed by atoms with E-state index in [1.165, 1.54) is 6.92 Å². The Kier molecular flexibility index (Phi) is 6.11. The van der Waals surface area contributed by atoms with Crippen LogP contribution < -0.4 is 0 Å². The van der Waals surface area contributed by atoms with Crippen LogP contribution >= 0.6 is 0 Å². The number of benzene rings is 1. The smallest absolute Gasteiger partial charge is 0.302 e. The number of carbonyl (C=O) groups excluding carboxylic acids is 1. The van der Waals surface area contributed by atoms with E-state index in [0.29, 0.717) is 0 Å². The summed E-state index contributed by atoms with van der Waals surface area (Å²) in [5, 5.41) is 4.32. The fourth-order valence-corrected chi connectivity index (χ4v) is 3.62. The predicted molar refractivity (Wildman–Crippen MR) is 95.0 cm³/mol. The van der Waals surface area contributed by atoms with Crippen molar-refractivity contribution >= 4 is 11.7 Å². The van der Waals surface area contributed by atoms with Crippen molar-refractivity contribution < 1.29 is 33.3 Å². The molecule has 27 heavy (non-hydrogen) atoms. The van der Waals surface area contributed by atoms with Gasteiger partial charge in [0.15, 0.2) is 5.60 Å². The average Bonchev–Trinajstić information content (AvgIpc) is 3.01. The molecule has 1 aromatic rings. The SMILES string of the molecule is COCO[C@H]1[C@H]2C(=NO[C@]2(C)COC(C)=O)c2ccccc2[C@@H]1OCOC. The average molecular weight is 379 g/mol. The van der Waals surface area contributed by atoms with Gasteiger partial charge in [-0.3, -0.25) is 4.79 Å². The summed E-state index contributed by atoms with van der Waals surface area (Å²) in [6, 6.07) is 7.81. The highest BCUT2D eigenvalue weighted by Crippen LogP contribution is 2.46. The van der Waals surface area contributed by atoms with Crippen LogP contribution in [-0.2, 0) is 33.3 Å². The Bertz CT molecular complexity index is 707. The number of methoxy groups -OCH3 is 2. The van der Waals surface area contributed by atoms with Crippen LogP contribution in [0.2, 0.25) is 0 Å². The summed E-state index contributed by atoms with van der Waals surface area (Å²) in [6.07, 6.45) is -0.879. The lowest BCUT2D eigenvalue weighted by atomic mass is 9.71. The summed E-state index contributed by atoms with van der Waals surface area (Å²) in [5.74, 6) is -0.699. The predicted octanol–water partition coefficient (Wildman–Crippen LogP) is 2.02. The number of hydrogen-bond donors (Lipinski definition) is 0. The van der Waals surface area contributed by atoms with E-state index in [1.807, 2.05) is 31.2 Å². The zero-order valence-electron chi connectivity index (χ0n) is 16.0. The molecule has 1 aliphatic carbocycles. The van der Waals surface area contributed by atoms with Crippen LogP contribution in [0.15, 0.2) is 29.4 Å². The topological polar surface area (TPSA) is 84.8 Å². The zero-order chi connectivity index (χ0) is 19.4. The van der Waals surface area contributed by atoms with Crippen molar-refractivity contribution in [2.45, 2.75) is 31.7 Å². The number of rotatable bonds is 8. The second kappa shape index (κ2) is 8.35. The van der Waals surface area contributed by atoms with E-state index in [0.717, 1.165) is 16.8 Å². The maximum atomic E-state index is 11.4. The van der Waals surface area contributed by atoms with Crippen LogP contribution in [0.4, 0.5) is 0 Å². The van der Waals surface area contributed by atoms with Gasteiger partial charge in [0.05, 0.1) is 11.6 Å². The van der Waals surface area contributed by atoms with Crippen molar-refractivity contribution in [2.24, 2.45) is 11.1 Å². The number of oxime groups is 1. The largest absolute Gasteiger partial charge is 0.461 e. The third kappa shape index (κ3) is 3.84. The van der Waals surface area contributed by atoms with Gasteiger partial charge in [-0.05, 0) is 12.5 Å². The Morgan fingerprint density at radius 1 is 1.19 bits per heavy atom. The molecule has 0 saturated carbocycles. The molecule has 0 N–H and O–H groups in total. The highest BCUT2D eigenvalue weighted by molar-refractivity contribution is 6.06. The van der Waals surface area contributed by atoms with Crippen LogP contribution in [0.3, 0.4) is 0 Å². The van der Waals surface area contributed by atoms with Crippen LogP contribution in [0.5, 0.6) is 0 Å². The molecule has 8 nitrogen and oxygen atoms in total. The van der Waals surface area contributed by atoms with Gasteiger partial charge < -0.3 is 28.5 Å². The highest BCUT2D eigenvalue weighted by atomic mass is 16.7. The molecule has 4 atom stereocenters. The summed E-state index contributed by atoms with van der Waals surface area (Å²) in [6.45, 7) is 3.44. The van der Waals surface area contributed by atoms with Gasteiger partial charge in [-0.1, -0.05) is 29.4 Å². The molecule has 8 heteroatoms. The van der Waals surface area contributed by atoms with E-state index in [-0.39, 0.29) is 32.1 Å². The molecule has 0 radical (unpaired) electrons. The van der Waals surface area contributed by atoms with Crippen molar-refractivity contribution in [3.05, 3.63) is 35.4 Å². The molecule has 1 heterocycles. The van der Waals surface area contributed by atoms with Crippen molar-refractivity contribution in [3.63, 3.8) is 0 Å². The molecule has 0 spiro atoms. The molecule has 1 aromatic carbocycles. The molecular formula is C19H25NO7. The summed E-state index contributed by atoms with van der Waals surface area (Å²) in [7, 11) is 3.12. The van der Waals surface area contributed by atoms with Crippen LogP contribution in [0.25, 0.3) is 0 Å². The van der Waals surface area contributed by atoms with E-state index in [4.69, 9.17) is 28.5 Å². The molecule has 0 aromatic heterocycles. The quantitative estimate of drug-likeness (QED) is 0.505. The number of ether oxygens (including phenoxy) is 5. The Balaban J connectivity index is 2.01. The lowest BCUT2D eigenvalue weighted by molar-refractivity contribution is -0.196. The zero-order valence-corrected chi connectivity index (χ0v) is 16.0.